The first-order chi connectivity index (χ1) is 14.0. The molecule has 0 aliphatic heterocycles. The molecule has 2 aromatic carbocycles. The Bertz CT molecular complexity index is 855. The van der Waals surface area contributed by atoms with Gasteiger partial charge in [-0.2, -0.15) is 0 Å². The second kappa shape index (κ2) is 11.8. The highest BCUT2D eigenvalue weighted by molar-refractivity contribution is 7.80. The molecule has 0 saturated carbocycles. The molecule has 0 saturated heterocycles. The SMILES string of the molecule is CCCCNC(=O)c1ccccc1NC(=S)NC(=O)c1cccc(OCCC)c1. The van der Waals surface area contributed by atoms with Crippen LogP contribution in [-0.2, 0) is 0 Å². The topological polar surface area (TPSA) is 79.5 Å². The molecule has 0 heterocycles. The monoisotopic (exact) mass is 413 g/mol. The summed E-state index contributed by atoms with van der Waals surface area (Å²) >= 11 is 5.26. The lowest BCUT2D eigenvalue weighted by Crippen LogP contribution is -2.35. The highest BCUT2D eigenvalue weighted by Crippen LogP contribution is 2.16. The molecule has 2 rings (SSSR count). The molecule has 0 aliphatic carbocycles. The first kappa shape index (κ1) is 22.4. The molecule has 154 valence electrons. The minimum absolute atomic E-state index is 0.115. The van der Waals surface area contributed by atoms with Gasteiger partial charge in [0.25, 0.3) is 11.8 Å². The zero-order valence-electron chi connectivity index (χ0n) is 16.8. The van der Waals surface area contributed by atoms with E-state index in [0.29, 0.717) is 35.7 Å². The Morgan fingerprint density at radius 1 is 1.00 bits per heavy atom. The lowest BCUT2D eigenvalue weighted by atomic mass is 10.1. The maximum Gasteiger partial charge on any atom is 0.257 e. The van der Waals surface area contributed by atoms with E-state index in [1.807, 2.05) is 6.92 Å². The van der Waals surface area contributed by atoms with Crippen LogP contribution in [0.4, 0.5) is 5.69 Å². The summed E-state index contributed by atoms with van der Waals surface area (Å²) in [6.45, 7) is 5.28. The van der Waals surface area contributed by atoms with Gasteiger partial charge in [-0.15, -0.1) is 0 Å². The second-order valence-electron chi connectivity index (χ2n) is 6.44. The molecule has 3 N–H and O–H groups in total. The van der Waals surface area contributed by atoms with Gasteiger partial charge in [-0.3, -0.25) is 14.9 Å². The fourth-order valence-corrected chi connectivity index (χ4v) is 2.74. The van der Waals surface area contributed by atoms with Gasteiger partial charge in [-0.1, -0.05) is 38.5 Å². The van der Waals surface area contributed by atoms with Crippen LogP contribution in [-0.4, -0.2) is 30.1 Å². The summed E-state index contributed by atoms with van der Waals surface area (Å²) in [7, 11) is 0. The maximum atomic E-state index is 12.5. The van der Waals surface area contributed by atoms with Crippen LogP contribution < -0.4 is 20.7 Å². The molecule has 29 heavy (non-hydrogen) atoms. The van der Waals surface area contributed by atoms with Gasteiger partial charge in [-0.05, 0) is 55.4 Å². The number of para-hydroxylation sites is 1. The van der Waals surface area contributed by atoms with Crippen LogP contribution in [0.25, 0.3) is 0 Å². The summed E-state index contributed by atoms with van der Waals surface area (Å²) in [5, 5.41) is 8.57. The van der Waals surface area contributed by atoms with Crippen molar-refractivity contribution in [2.45, 2.75) is 33.1 Å². The number of rotatable bonds is 9. The molecule has 6 nitrogen and oxygen atoms in total. The van der Waals surface area contributed by atoms with Crippen molar-refractivity contribution in [1.29, 1.82) is 0 Å². The number of nitrogens with one attached hydrogen (secondary N) is 3. The molecule has 2 aromatic rings. The van der Waals surface area contributed by atoms with Gasteiger partial charge in [0.1, 0.15) is 5.75 Å². The molecule has 0 unspecified atom stereocenters. The number of thiocarbonyl (C=S) groups is 1. The largest absolute Gasteiger partial charge is 0.494 e. The van der Waals surface area contributed by atoms with Crippen LogP contribution in [0.5, 0.6) is 5.75 Å². The summed E-state index contributed by atoms with van der Waals surface area (Å²) in [5.41, 5.74) is 1.44. The summed E-state index contributed by atoms with van der Waals surface area (Å²) in [6, 6.07) is 13.9. The number of hydrogen-bond acceptors (Lipinski definition) is 4. The van der Waals surface area contributed by atoms with Crippen molar-refractivity contribution >= 4 is 34.8 Å². The van der Waals surface area contributed by atoms with Gasteiger partial charge < -0.3 is 15.4 Å². The number of hydrogen-bond donors (Lipinski definition) is 3. The summed E-state index contributed by atoms with van der Waals surface area (Å²) in [4.78, 5) is 24.9. The molecule has 0 aliphatic rings. The average Bonchev–Trinajstić information content (AvgIpc) is 2.72. The van der Waals surface area contributed by atoms with Gasteiger partial charge in [0, 0.05) is 12.1 Å². The van der Waals surface area contributed by atoms with E-state index in [9.17, 15) is 9.59 Å². The van der Waals surface area contributed by atoms with E-state index in [0.717, 1.165) is 19.3 Å². The number of unbranched alkanes of at least 4 members (excludes halogenated alkanes) is 1. The minimum Gasteiger partial charge on any atom is -0.494 e. The van der Waals surface area contributed by atoms with E-state index in [4.69, 9.17) is 17.0 Å². The van der Waals surface area contributed by atoms with Gasteiger partial charge in [0.2, 0.25) is 0 Å². The summed E-state index contributed by atoms with van der Waals surface area (Å²) in [6.07, 6.45) is 2.80. The molecular weight excluding hydrogens is 386 g/mol. The summed E-state index contributed by atoms with van der Waals surface area (Å²) < 4.78 is 5.56. The van der Waals surface area contributed by atoms with E-state index in [2.05, 4.69) is 22.9 Å². The van der Waals surface area contributed by atoms with E-state index in [1.54, 1.807) is 48.5 Å². The van der Waals surface area contributed by atoms with Crippen molar-refractivity contribution < 1.29 is 14.3 Å². The van der Waals surface area contributed by atoms with Crippen LogP contribution in [0, 0.1) is 0 Å². The second-order valence-corrected chi connectivity index (χ2v) is 6.85. The lowest BCUT2D eigenvalue weighted by Gasteiger charge is -2.14. The van der Waals surface area contributed by atoms with Crippen molar-refractivity contribution in [3.05, 3.63) is 59.7 Å². The molecule has 0 fully saturated rings. The number of anilines is 1. The zero-order chi connectivity index (χ0) is 21.1. The Hall–Kier alpha value is -2.93. The third-order valence-corrected chi connectivity index (χ3v) is 4.24. The van der Waals surface area contributed by atoms with Crippen LogP contribution >= 0.6 is 12.2 Å². The number of carbonyl (C=O) groups is 2. The van der Waals surface area contributed by atoms with Crippen LogP contribution in [0.3, 0.4) is 0 Å². The Kier molecular flexibility index (Phi) is 9.11. The minimum atomic E-state index is -0.352. The fraction of sp³-hybridized carbons (Fsp3) is 0.318. The van der Waals surface area contributed by atoms with Crippen molar-refractivity contribution in [3.63, 3.8) is 0 Å². The number of benzene rings is 2. The standard InChI is InChI=1S/C22H27N3O3S/c1-3-5-13-23-21(27)18-11-6-7-12-19(18)24-22(29)25-20(26)16-9-8-10-17(15-16)28-14-4-2/h6-12,15H,3-5,13-14H2,1-2H3,(H,23,27)(H2,24,25,26,29). The quantitative estimate of drug-likeness (QED) is 0.425. The van der Waals surface area contributed by atoms with E-state index < -0.39 is 0 Å². The molecule has 0 radical (unpaired) electrons. The fourth-order valence-electron chi connectivity index (χ4n) is 2.54. The van der Waals surface area contributed by atoms with Gasteiger partial charge in [0.15, 0.2) is 5.11 Å². The molecule has 0 atom stereocenters. The molecule has 0 bridgehead atoms. The third kappa shape index (κ3) is 7.19. The molecule has 0 aromatic heterocycles. The summed E-state index contributed by atoms with van der Waals surface area (Å²) in [5.74, 6) is 0.0956. The van der Waals surface area contributed by atoms with Crippen molar-refractivity contribution in [3.8, 4) is 5.75 Å². The smallest absolute Gasteiger partial charge is 0.257 e. The van der Waals surface area contributed by atoms with Gasteiger partial charge in [-0.25, -0.2) is 0 Å². The molecule has 0 spiro atoms. The third-order valence-electron chi connectivity index (χ3n) is 4.03. The number of carbonyl (C=O) groups excluding carboxylic acids is 2. The maximum absolute atomic E-state index is 12.5. The highest BCUT2D eigenvalue weighted by Gasteiger charge is 2.13. The van der Waals surface area contributed by atoms with E-state index >= 15 is 0 Å². The first-order valence-electron chi connectivity index (χ1n) is 9.77. The van der Waals surface area contributed by atoms with E-state index in [1.165, 1.54) is 0 Å². The Labute approximate surface area is 177 Å². The lowest BCUT2D eigenvalue weighted by molar-refractivity contribution is 0.0952. The van der Waals surface area contributed by atoms with E-state index in [-0.39, 0.29) is 16.9 Å². The van der Waals surface area contributed by atoms with Crippen molar-refractivity contribution in [2.24, 2.45) is 0 Å². The highest BCUT2D eigenvalue weighted by atomic mass is 32.1. The normalized spacial score (nSPS) is 10.1. The number of amides is 2. The zero-order valence-corrected chi connectivity index (χ0v) is 17.6. The molecular formula is C22H27N3O3S. The van der Waals surface area contributed by atoms with Crippen molar-refractivity contribution in [2.75, 3.05) is 18.5 Å². The predicted octanol–water partition coefficient (Wildman–Crippen LogP) is 4.13. The molecule has 7 heteroatoms. The van der Waals surface area contributed by atoms with Gasteiger partial charge >= 0.3 is 0 Å². The molecule has 2 amide bonds. The first-order valence-corrected chi connectivity index (χ1v) is 10.2. The predicted molar refractivity (Wildman–Crippen MR) is 120 cm³/mol. The number of ether oxygens (including phenoxy) is 1. The van der Waals surface area contributed by atoms with Crippen molar-refractivity contribution in [1.82, 2.24) is 10.6 Å². The Morgan fingerprint density at radius 3 is 2.55 bits per heavy atom. The Balaban J connectivity index is 2.00. The average molecular weight is 414 g/mol. The van der Waals surface area contributed by atoms with Gasteiger partial charge in [0.05, 0.1) is 17.9 Å². The van der Waals surface area contributed by atoms with Crippen LogP contribution in [0.2, 0.25) is 0 Å². The Morgan fingerprint density at radius 2 is 1.79 bits per heavy atom. The van der Waals surface area contributed by atoms with Crippen LogP contribution in [0.15, 0.2) is 48.5 Å². The van der Waals surface area contributed by atoms with Crippen LogP contribution in [0.1, 0.15) is 53.8 Å².